The predicted octanol–water partition coefficient (Wildman–Crippen LogP) is 4.73. The van der Waals surface area contributed by atoms with Crippen LogP contribution in [0.5, 0.6) is 0 Å². The Kier molecular flexibility index (Phi) is 8.95. The van der Waals surface area contributed by atoms with E-state index in [9.17, 15) is 22.4 Å². The second-order valence-corrected chi connectivity index (χ2v) is 9.05. The van der Waals surface area contributed by atoms with E-state index in [4.69, 9.17) is 5.26 Å². The van der Waals surface area contributed by atoms with E-state index in [2.05, 4.69) is 10.2 Å². The zero-order valence-electron chi connectivity index (χ0n) is 18.8. The van der Waals surface area contributed by atoms with Crippen molar-refractivity contribution in [3.8, 4) is 6.07 Å². The molecule has 5 nitrogen and oxygen atoms in total. The highest BCUT2D eigenvalue weighted by atomic mass is 19.4. The largest absolute Gasteiger partial charge is 0.419 e. The van der Waals surface area contributed by atoms with Crippen LogP contribution in [0.2, 0.25) is 0 Å². The molecule has 0 bridgehead atoms. The first-order valence-corrected chi connectivity index (χ1v) is 11.8. The third-order valence-electron chi connectivity index (χ3n) is 6.75. The molecule has 0 aromatic heterocycles. The van der Waals surface area contributed by atoms with Crippen LogP contribution in [0.4, 0.5) is 23.2 Å². The van der Waals surface area contributed by atoms with Crippen molar-refractivity contribution in [1.82, 2.24) is 10.2 Å². The molecule has 1 saturated carbocycles. The Morgan fingerprint density at radius 1 is 1.12 bits per heavy atom. The smallest absolute Gasteiger partial charge is 0.367 e. The molecule has 1 aliphatic heterocycles. The fourth-order valence-electron chi connectivity index (χ4n) is 4.78. The van der Waals surface area contributed by atoms with Crippen LogP contribution in [0.1, 0.15) is 56.9 Å². The van der Waals surface area contributed by atoms with Crippen LogP contribution in [0.15, 0.2) is 18.2 Å². The van der Waals surface area contributed by atoms with Gasteiger partial charge in [0, 0.05) is 45.1 Å². The highest BCUT2D eigenvalue weighted by molar-refractivity contribution is 5.76. The standard InChI is InChI=1S/C24H32F4N4O/c25-23-20(24(26,27)28)4-3-5-21(23)32-16-14-31(15-17-32)13-11-18-7-9-19(10-8-18)30-22(33)6-1-2-12-29/h3-5,18-19H,1-2,6-11,13-17H2,(H,30,33)/t18-,19+. The van der Waals surface area contributed by atoms with Gasteiger partial charge in [-0.2, -0.15) is 18.4 Å². The molecule has 1 heterocycles. The second kappa shape index (κ2) is 11.7. The van der Waals surface area contributed by atoms with E-state index in [1.165, 1.54) is 12.1 Å². The molecule has 1 N–H and O–H groups in total. The summed E-state index contributed by atoms with van der Waals surface area (Å²) in [6, 6.07) is 5.74. The van der Waals surface area contributed by atoms with Gasteiger partial charge >= 0.3 is 6.18 Å². The Hall–Kier alpha value is -2.34. The lowest BCUT2D eigenvalue weighted by Gasteiger charge is -2.37. The molecule has 1 aliphatic carbocycles. The van der Waals surface area contributed by atoms with E-state index in [-0.39, 0.29) is 17.6 Å². The molecule has 3 rings (SSSR count). The maximum Gasteiger partial charge on any atom is 0.419 e. The minimum Gasteiger partial charge on any atom is -0.367 e. The minimum atomic E-state index is -4.69. The number of carbonyl (C=O) groups is 1. The van der Waals surface area contributed by atoms with E-state index in [1.807, 2.05) is 6.07 Å². The van der Waals surface area contributed by atoms with Gasteiger partial charge in [-0.3, -0.25) is 9.69 Å². The average Bonchev–Trinajstić information content (AvgIpc) is 2.79. The maximum atomic E-state index is 14.4. The first kappa shape index (κ1) is 25.3. The van der Waals surface area contributed by atoms with Gasteiger partial charge in [-0.25, -0.2) is 4.39 Å². The molecule has 1 aromatic rings. The number of hydrogen-bond acceptors (Lipinski definition) is 4. The molecule has 9 heteroatoms. The first-order valence-electron chi connectivity index (χ1n) is 11.8. The fraction of sp³-hybridized carbons (Fsp3) is 0.667. The number of nitrogens with zero attached hydrogens (tertiary/aromatic N) is 3. The molecule has 0 radical (unpaired) electrons. The number of halogens is 4. The normalized spacial score (nSPS) is 22.1. The number of nitrogens with one attached hydrogen (secondary N) is 1. The number of carbonyl (C=O) groups excluding carboxylic acids is 1. The summed E-state index contributed by atoms with van der Waals surface area (Å²) in [7, 11) is 0. The summed E-state index contributed by atoms with van der Waals surface area (Å²) in [5, 5.41) is 11.6. The Morgan fingerprint density at radius 2 is 1.82 bits per heavy atom. The number of unbranched alkanes of at least 4 members (excludes halogenated alkanes) is 1. The highest BCUT2D eigenvalue weighted by Gasteiger charge is 2.36. The molecule has 0 atom stereocenters. The topological polar surface area (TPSA) is 59.4 Å². The number of rotatable bonds is 8. The van der Waals surface area contributed by atoms with Gasteiger partial charge in [-0.1, -0.05) is 6.07 Å². The molecule has 182 valence electrons. The van der Waals surface area contributed by atoms with Gasteiger partial charge in [0.15, 0.2) is 5.82 Å². The predicted molar refractivity (Wildman–Crippen MR) is 118 cm³/mol. The third-order valence-corrected chi connectivity index (χ3v) is 6.75. The van der Waals surface area contributed by atoms with Crippen LogP contribution < -0.4 is 10.2 Å². The Bertz CT molecular complexity index is 823. The maximum absolute atomic E-state index is 14.4. The molecule has 2 fully saturated rings. The second-order valence-electron chi connectivity index (χ2n) is 9.05. The molecule has 0 spiro atoms. The molecule has 1 aromatic carbocycles. The van der Waals surface area contributed by atoms with E-state index >= 15 is 0 Å². The van der Waals surface area contributed by atoms with Crippen LogP contribution in [0.25, 0.3) is 0 Å². The average molecular weight is 469 g/mol. The van der Waals surface area contributed by atoms with Crippen molar-refractivity contribution in [2.24, 2.45) is 5.92 Å². The van der Waals surface area contributed by atoms with Gasteiger partial charge in [0.25, 0.3) is 0 Å². The van der Waals surface area contributed by atoms with Gasteiger partial charge in [-0.15, -0.1) is 0 Å². The van der Waals surface area contributed by atoms with Crippen LogP contribution in [0, 0.1) is 23.1 Å². The number of amides is 1. The molecule has 1 amide bonds. The fourth-order valence-corrected chi connectivity index (χ4v) is 4.78. The van der Waals surface area contributed by atoms with Crippen LogP contribution in [0.3, 0.4) is 0 Å². The van der Waals surface area contributed by atoms with Crippen molar-refractivity contribution < 1.29 is 22.4 Å². The third kappa shape index (κ3) is 7.32. The van der Waals surface area contributed by atoms with Crippen molar-refractivity contribution in [2.45, 2.75) is 63.6 Å². The van der Waals surface area contributed by atoms with E-state index in [0.29, 0.717) is 51.4 Å². The lowest BCUT2D eigenvalue weighted by atomic mass is 9.84. The van der Waals surface area contributed by atoms with Crippen molar-refractivity contribution in [1.29, 1.82) is 5.26 Å². The Labute approximate surface area is 192 Å². The summed E-state index contributed by atoms with van der Waals surface area (Å²) in [4.78, 5) is 15.9. The quantitative estimate of drug-likeness (QED) is 0.443. The van der Waals surface area contributed by atoms with E-state index in [1.54, 1.807) is 4.90 Å². The number of piperazine rings is 1. The Morgan fingerprint density at radius 3 is 2.45 bits per heavy atom. The molecule has 1 saturated heterocycles. The lowest BCUT2D eigenvalue weighted by molar-refractivity contribution is -0.139. The van der Waals surface area contributed by atoms with Gasteiger partial charge < -0.3 is 10.2 Å². The van der Waals surface area contributed by atoms with E-state index < -0.39 is 17.6 Å². The summed E-state index contributed by atoms with van der Waals surface area (Å²) in [5.74, 6) is -0.549. The molecular formula is C24H32F4N4O. The highest BCUT2D eigenvalue weighted by Crippen LogP contribution is 2.35. The number of benzene rings is 1. The van der Waals surface area contributed by atoms with Gasteiger partial charge in [-0.05, 0) is 63.1 Å². The Balaban J connectivity index is 1.37. The van der Waals surface area contributed by atoms with Crippen molar-refractivity contribution in [2.75, 3.05) is 37.6 Å². The monoisotopic (exact) mass is 468 g/mol. The van der Waals surface area contributed by atoms with Gasteiger partial charge in [0.05, 0.1) is 17.3 Å². The van der Waals surface area contributed by atoms with E-state index in [0.717, 1.165) is 44.7 Å². The van der Waals surface area contributed by atoms with Gasteiger partial charge in [0.2, 0.25) is 5.91 Å². The minimum absolute atomic E-state index is 0.0254. The summed E-state index contributed by atoms with van der Waals surface area (Å²) in [6.45, 7) is 3.33. The number of hydrogen-bond donors (Lipinski definition) is 1. The molecule has 0 unspecified atom stereocenters. The zero-order valence-corrected chi connectivity index (χ0v) is 18.8. The van der Waals surface area contributed by atoms with Crippen LogP contribution >= 0.6 is 0 Å². The number of alkyl halides is 3. The van der Waals surface area contributed by atoms with Crippen molar-refractivity contribution in [3.63, 3.8) is 0 Å². The molecule has 2 aliphatic rings. The summed E-state index contributed by atoms with van der Waals surface area (Å²) < 4.78 is 53.4. The first-order chi connectivity index (χ1) is 15.8. The summed E-state index contributed by atoms with van der Waals surface area (Å²) in [5.41, 5.74) is -1.19. The summed E-state index contributed by atoms with van der Waals surface area (Å²) in [6.07, 6.45) is 1.85. The SMILES string of the molecule is N#CCCCC(=O)N[C@H]1CC[C@@H](CCN2CCN(c3cccc(C(F)(F)F)c3F)CC2)CC1. The van der Waals surface area contributed by atoms with Crippen LogP contribution in [-0.4, -0.2) is 49.6 Å². The summed E-state index contributed by atoms with van der Waals surface area (Å²) >= 11 is 0. The number of anilines is 1. The van der Waals surface area contributed by atoms with Gasteiger partial charge in [0.1, 0.15) is 0 Å². The van der Waals surface area contributed by atoms with Crippen molar-refractivity contribution >= 4 is 11.6 Å². The van der Waals surface area contributed by atoms with Crippen LogP contribution in [-0.2, 0) is 11.0 Å². The zero-order chi connectivity index (χ0) is 23.8. The molecular weight excluding hydrogens is 436 g/mol. The number of nitriles is 1. The lowest BCUT2D eigenvalue weighted by Crippen LogP contribution is -2.47. The van der Waals surface area contributed by atoms with Crippen molar-refractivity contribution in [3.05, 3.63) is 29.6 Å². The molecule has 33 heavy (non-hydrogen) atoms.